The highest BCUT2D eigenvalue weighted by Crippen LogP contribution is 2.40. The summed E-state index contributed by atoms with van der Waals surface area (Å²) < 4.78 is 48.1. The number of hydrogen-bond donors (Lipinski definition) is 0. The van der Waals surface area contributed by atoms with Crippen molar-refractivity contribution in [1.29, 1.82) is 0 Å². The lowest BCUT2D eigenvalue weighted by atomic mass is 9.75. The monoisotopic (exact) mass is 494 g/mol. The summed E-state index contributed by atoms with van der Waals surface area (Å²) in [5, 5.41) is 0. The lowest BCUT2D eigenvalue weighted by Gasteiger charge is -2.52. The van der Waals surface area contributed by atoms with Crippen molar-refractivity contribution in [3.05, 3.63) is 107 Å². The van der Waals surface area contributed by atoms with E-state index in [4.69, 9.17) is 4.74 Å². The van der Waals surface area contributed by atoms with E-state index in [0.29, 0.717) is 23.5 Å². The molecule has 188 valence electrons. The van der Waals surface area contributed by atoms with Crippen LogP contribution in [0.5, 0.6) is 0 Å². The normalized spacial score (nSPS) is 23.1. The molecule has 0 N–H and O–H groups in total. The minimum atomic E-state index is -0.869. The van der Waals surface area contributed by atoms with E-state index in [1.165, 1.54) is 36.4 Å². The topological polar surface area (TPSA) is 26.3 Å². The van der Waals surface area contributed by atoms with E-state index in [0.717, 1.165) is 55.5 Å². The first-order valence-electron chi connectivity index (χ1n) is 12.7. The highest BCUT2D eigenvalue weighted by atomic mass is 19.1. The minimum absolute atomic E-state index is 0.217. The number of nitrogens with zero attached hydrogens (tertiary/aromatic N) is 1. The number of fused-ring (bicyclic) bond motifs is 3. The van der Waals surface area contributed by atoms with Gasteiger partial charge in [-0.1, -0.05) is 36.4 Å². The number of piperidine rings is 3. The second-order valence-electron chi connectivity index (χ2n) is 10.4. The molecule has 0 unspecified atom stereocenters. The maximum atomic E-state index is 14.0. The molecular weight excluding hydrogens is 463 g/mol. The van der Waals surface area contributed by atoms with Crippen LogP contribution in [0.4, 0.5) is 13.2 Å². The van der Waals surface area contributed by atoms with Crippen LogP contribution in [0.25, 0.3) is 0 Å². The van der Waals surface area contributed by atoms with Crippen LogP contribution in [0.2, 0.25) is 0 Å². The summed E-state index contributed by atoms with van der Waals surface area (Å²) in [6.45, 7) is 4.10. The van der Waals surface area contributed by atoms with Crippen LogP contribution >= 0.6 is 0 Å². The van der Waals surface area contributed by atoms with E-state index < -0.39 is 17.7 Å². The van der Waals surface area contributed by atoms with Crippen LogP contribution in [-0.4, -0.2) is 36.6 Å². The van der Waals surface area contributed by atoms with Crippen LogP contribution < -0.4 is 0 Å². The molecular formula is C30H31F3NO2+. The fourth-order valence-corrected chi connectivity index (χ4v) is 6.06. The number of quaternary nitrogens is 1. The van der Waals surface area contributed by atoms with Gasteiger partial charge in [-0.25, -0.2) is 13.2 Å². The Hall–Kier alpha value is -3.12. The van der Waals surface area contributed by atoms with Gasteiger partial charge in [-0.2, -0.15) is 0 Å². The number of esters is 1. The first kappa shape index (κ1) is 24.6. The molecule has 0 radical (unpaired) electrons. The third-order valence-electron chi connectivity index (χ3n) is 8.01. The Balaban J connectivity index is 1.27. The number of carbonyl (C=O) groups excluding carboxylic acids is 1. The second-order valence-corrected chi connectivity index (χ2v) is 10.4. The van der Waals surface area contributed by atoms with E-state index in [2.05, 4.69) is 0 Å². The fourth-order valence-electron chi connectivity index (χ4n) is 6.06. The Morgan fingerprint density at radius 3 is 2.06 bits per heavy atom. The third-order valence-corrected chi connectivity index (χ3v) is 8.01. The van der Waals surface area contributed by atoms with Crippen LogP contribution in [0.15, 0.2) is 72.8 Å². The zero-order chi connectivity index (χ0) is 25.1. The highest BCUT2D eigenvalue weighted by Gasteiger charge is 2.46. The summed E-state index contributed by atoms with van der Waals surface area (Å²) in [5.74, 6) is -0.731. The molecule has 6 heteroatoms. The Morgan fingerprint density at radius 2 is 1.47 bits per heavy atom. The average Bonchev–Trinajstić information content (AvgIpc) is 2.88. The van der Waals surface area contributed by atoms with Gasteiger partial charge in [-0.05, 0) is 59.0 Å². The third kappa shape index (κ3) is 5.65. The predicted octanol–water partition coefficient (Wildman–Crippen LogP) is 6.23. The van der Waals surface area contributed by atoms with Gasteiger partial charge in [0.15, 0.2) is 6.10 Å². The highest BCUT2D eigenvalue weighted by molar-refractivity contribution is 5.70. The van der Waals surface area contributed by atoms with Crippen molar-refractivity contribution in [2.75, 3.05) is 26.2 Å². The molecule has 3 nitrogen and oxygen atoms in total. The van der Waals surface area contributed by atoms with E-state index >= 15 is 0 Å². The number of benzene rings is 3. The Kier molecular flexibility index (Phi) is 7.15. The van der Waals surface area contributed by atoms with Crippen molar-refractivity contribution in [3.8, 4) is 0 Å². The minimum Gasteiger partial charge on any atom is -0.453 e. The molecule has 3 aliphatic heterocycles. The SMILES string of the molecule is O=C(C[C@H]1C[N+]2(CCc3ccc(F)cc3)CCC1CC2)OC(c1cccc(F)c1)c1cccc(F)c1. The van der Waals surface area contributed by atoms with Crippen LogP contribution in [0.3, 0.4) is 0 Å². The lowest BCUT2D eigenvalue weighted by Crippen LogP contribution is -2.62. The zero-order valence-electron chi connectivity index (χ0n) is 20.2. The number of ether oxygens (including phenoxy) is 1. The molecule has 3 saturated heterocycles. The molecule has 36 heavy (non-hydrogen) atoms. The van der Waals surface area contributed by atoms with Gasteiger partial charge < -0.3 is 9.22 Å². The molecule has 3 aromatic carbocycles. The Labute approximate surface area is 210 Å². The maximum Gasteiger partial charge on any atom is 0.307 e. The van der Waals surface area contributed by atoms with Gasteiger partial charge in [0, 0.05) is 25.2 Å². The molecule has 6 rings (SSSR count). The van der Waals surface area contributed by atoms with Crippen molar-refractivity contribution in [1.82, 2.24) is 0 Å². The van der Waals surface area contributed by atoms with Crippen molar-refractivity contribution in [3.63, 3.8) is 0 Å². The van der Waals surface area contributed by atoms with Crippen LogP contribution in [0.1, 0.15) is 42.1 Å². The Bertz CT molecular complexity index is 1160. The molecule has 0 aliphatic carbocycles. The van der Waals surface area contributed by atoms with E-state index in [1.807, 2.05) is 12.1 Å². The molecule has 1 atom stereocenters. The molecule has 3 aromatic rings. The van der Waals surface area contributed by atoms with Gasteiger partial charge >= 0.3 is 5.97 Å². The van der Waals surface area contributed by atoms with Gasteiger partial charge in [0.2, 0.25) is 0 Å². The smallest absolute Gasteiger partial charge is 0.307 e. The molecule has 3 aliphatic rings. The molecule has 3 fully saturated rings. The van der Waals surface area contributed by atoms with Crippen molar-refractivity contribution in [2.45, 2.75) is 31.8 Å². The van der Waals surface area contributed by atoms with Crippen molar-refractivity contribution in [2.24, 2.45) is 11.8 Å². The van der Waals surface area contributed by atoms with E-state index in [1.54, 1.807) is 24.3 Å². The first-order valence-corrected chi connectivity index (χ1v) is 12.7. The number of hydrogen-bond acceptors (Lipinski definition) is 2. The van der Waals surface area contributed by atoms with E-state index in [-0.39, 0.29) is 17.7 Å². The standard InChI is InChI=1S/C30H31F3NO2/c31-26-9-7-21(8-10-26)11-14-34-15-12-22(13-16-34)25(20-34)19-29(35)36-30(23-3-1-5-27(32)17-23)24-4-2-6-28(33)18-24/h1-10,17-18,22,25,30H,11-16,19-20H2/q+1/t22?,25-,34?/m0/s1. The van der Waals surface area contributed by atoms with Gasteiger partial charge in [0.25, 0.3) is 0 Å². The largest absolute Gasteiger partial charge is 0.453 e. The zero-order valence-corrected chi connectivity index (χ0v) is 20.2. The van der Waals surface area contributed by atoms with Gasteiger partial charge in [0.1, 0.15) is 17.5 Å². The summed E-state index contributed by atoms with van der Waals surface area (Å²) in [7, 11) is 0. The summed E-state index contributed by atoms with van der Waals surface area (Å²) in [4.78, 5) is 13.2. The number of halogens is 3. The quantitative estimate of drug-likeness (QED) is 0.274. The number of carbonyl (C=O) groups is 1. The van der Waals surface area contributed by atoms with Gasteiger partial charge in [-0.15, -0.1) is 0 Å². The van der Waals surface area contributed by atoms with Gasteiger partial charge in [0.05, 0.1) is 32.6 Å². The first-order chi connectivity index (χ1) is 17.4. The van der Waals surface area contributed by atoms with Crippen LogP contribution in [-0.2, 0) is 16.0 Å². The summed E-state index contributed by atoms with van der Waals surface area (Å²) >= 11 is 0. The predicted molar refractivity (Wildman–Crippen MR) is 131 cm³/mol. The van der Waals surface area contributed by atoms with Crippen molar-refractivity contribution >= 4 is 5.97 Å². The lowest BCUT2D eigenvalue weighted by molar-refractivity contribution is -0.946. The molecule has 0 amide bonds. The summed E-state index contributed by atoms with van der Waals surface area (Å²) in [6, 6.07) is 18.5. The van der Waals surface area contributed by atoms with E-state index in [9.17, 15) is 18.0 Å². The second kappa shape index (κ2) is 10.5. The summed E-state index contributed by atoms with van der Waals surface area (Å²) in [6.07, 6.45) is 2.47. The molecule has 0 saturated carbocycles. The molecule has 0 spiro atoms. The van der Waals surface area contributed by atoms with Crippen LogP contribution in [0, 0.1) is 29.3 Å². The summed E-state index contributed by atoms with van der Waals surface area (Å²) in [5.41, 5.74) is 2.08. The van der Waals surface area contributed by atoms with Gasteiger partial charge in [-0.3, -0.25) is 4.79 Å². The van der Waals surface area contributed by atoms with Crippen molar-refractivity contribution < 1.29 is 27.2 Å². The average molecular weight is 495 g/mol. The fraction of sp³-hybridized carbons (Fsp3) is 0.367. The maximum absolute atomic E-state index is 14.0. The number of rotatable bonds is 8. The molecule has 0 aromatic heterocycles. The Morgan fingerprint density at radius 1 is 0.861 bits per heavy atom. The molecule has 2 bridgehead atoms. The molecule has 3 heterocycles.